The lowest BCUT2D eigenvalue weighted by atomic mass is 9.96. The number of alkyl halides is 3. The summed E-state index contributed by atoms with van der Waals surface area (Å²) in [6, 6.07) is 10.3. The van der Waals surface area contributed by atoms with E-state index in [1.165, 1.54) is 0 Å². The fourth-order valence-corrected chi connectivity index (χ4v) is 3.29. The van der Waals surface area contributed by atoms with E-state index >= 15 is 0 Å². The highest BCUT2D eigenvalue weighted by molar-refractivity contribution is 9.10. The first kappa shape index (κ1) is 19.2. The summed E-state index contributed by atoms with van der Waals surface area (Å²) < 4.78 is 42.0. The van der Waals surface area contributed by atoms with E-state index in [0.29, 0.717) is 5.56 Å². The highest BCUT2D eigenvalue weighted by Crippen LogP contribution is 2.37. The molecule has 27 heavy (non-hydrogen) atoms. The lowest BCUT2D eigenvalue weighted by Crippen LogP contribution is -2.14. The average Bonchev–Trinajstić information content (AvgIpc) is 2.89. The van der Waals surface area contributed by atoms with Crippen molar-refractivity contribution >= 4 is 21.8 Å². The average molecular weight is 438 g/mol. The van der Waals surface area contributed by atoms with Gasteiger partial charge in [0.05, 0.1) is 17.0 Å². The highest BCUT2D eigenvalue weighted by atomic mass is 79.9. The largest absolute Gasteiger partial charge is 0.416 e. The Balaban J connectivity index is 2.24. The maximum absolute atomic E-state index is 13.2. The van der Waals surface area contributed by atoms with Gasteiger partial charge >= 0.3 is 6.18 Å². The van der Waals surface area contributed by atoms with Crippen LogP contribution in [0, 0.1) is 6.92 Å². The molecule has 0 saturated heterocycles. The normalized spacial score (nSPS) is 11.6. The second-order valence-electron chi connectivity index (χ2n) is 6.08. The van der Waals surface area contributed by atoms with E-state index in [9.17, 15) is 18.0 Å². The molecule has 0 atom stereocenters. The van der Waals surface area contributed by atoms with Crippen molar-refractivity contribution in [1.82, 2.24) is 9.78 Å². The van der Waals surface area contributed by atoms with Gasteiger partial charge in [0.2, 0.25) is 5.91 Å². The monoisotopic (exact) mass is 437 g/mol. The zero-order valence-electron chi connectivity index (χ0n) is 14.4. The van der Waals surface area contributed by atoms with Crippen molar-refractivity contribution in [3.8, 4) is 22.5 Å². The Morgan fingerprint density at radius 2 is 1.78 bits per heavy atom. The maximum Gasteiger partial charge on any atom is 0.416 e. The van der Waals surface area contributed by atoms with Crippen LogP contribution >= 0.6 is 15.9 Å². The molecule has 0 bridgehead atoms. The minimum atomic E-state index is -4.54. The van der Waals surface area contributed by atoms with Gasteiger partial charge in [-0.3, -0.25) is 9.48 Å². The third-order valence-corrected chi connectivity index (χ3v) is 4.80. The van der Waals surface area contributed by atoms with Gasteiger partial charge in [-0.05, 0) is 37.3 Å². The zero-order chi connectivity index (χ0) is 19.9. The van der Waals surface area contributed by atoms with Gasteiger partial charge in [0.15, 0.2) is 0 Å². The Kier molecular flexibility index (Phi) is 4.86. The molecular weight excluding hydrogens is 423 g/mol. The van der Waals surface area contributed by atoms with Crippen LogP contribution < -0.4 is 5.73 Å². The van der Waals surface area contributed by atoms with Crippen molar-refractivity contribution < 1.29 is 18.0 Å². The third kappa shape index (κ3) is 3.62. The number of carbonyl (C=O) groups excluding carboxylic acids is 1. The predicted octanol–water partition coefficient (Wildman–Crippen LogP) is 4.94. The first-order chi connectivity index (χ1) is 12.6. The molecule has 4 nitrogen and oxygen atoms in total. The Bertz CT molecular complexity index is 1020. The Morgan fingerprint density at radius 1 is 1.15 bits per heavy atom. The predicted molar refractivity (Wildman–Crippen MR) is 100 cm³/mol. The van der Waals surface area contributed by atoms with Crippen LogP contribution in [-0.4, -0.2) is 15.7 Å². The fourth-order valence-electron chi connectivity index (χ4n) is 3.03. The molecule has 0 aliphatic carbocycles. The van der Waals surface area contributed by atoms with Crippen LogP contribution in [0.15, 0.2) is 46.9 Å². The van der Waals surface area contributed by atoms with Crippen LogP contribution in [0.1, 0.15) is 21.5 Å². The second kappa shape index (κ2) is 6.84. The molecular formula is C19H15BrF3N3O. The van der Waals surface area contributed by atoms with Crippen LogP contribution in [0.5, 0.6) is 0 Å². The Labute approximate surface area is 161 Å². The molecule has 2 aromatic carbocycles. The van der Waals surface area contributed by atoms with Crippen molar-refractivity contribution in [2.45, 2.75) is 13.1 Å². The lowest BCUT2D eigenvalue weighted by Gasteiger charge is -2.11. The number of hydrogen-bond donors (Lipinski definition) is 1. The summed E-state index contributed by atoms with van der Waals surface area (Å²) in [6.07, 6.45) is -4.54. The number of aromatic nitrogens is 2. The SMILES string of the molecule is Cc1c(-c2cc(C(F)(F)F)ccc2C(N)=O)nn(C)c1-c1ccc(Br)cc1. The molecule has 2 N–H and O–H groups in total. The topological polar surface area (TPSA) is 60.9 Å². The van der Waals surface area contributed by atoms with Crippen LogP contribution in [0.4, 0.5) is 13.2 Å². The summed E-state index contributed by atoms with van der Waals surface area (Å²) in [5.74, 6) is -0.811. The molecule has 140 valence electrons. The van der Waals surface area contributed by atoms with E-state index in [1.54, 1.807) is 18.7 Å². The summed E-state index contributed by atoms with van der Waals surface area (Å²) in [4.78, 5) is 11.8. The van der Waals surface area contributed by atoms with Crippen molar-refractivity contribution in [3.63, 3.8) is 0 Å². The van der Waals surface area contributed by atoms with Gasteiger partial charge in [-0.25, -0.2) is 0 Å². The Morgan fingerprint density at radius 3 is 2.33 bits per heavy atom. The number of benzene rings is 2. The van der Waals surface area contributed by atoms with Crippen molar-refractivity contribution in [2.75, 3.05) is 0 Å². The maximum atomic E-state index is 13.2. The summed E-state index contributed by atoms with van der Waals surface area (Å²) in [5, 5.41) is 4.38. The van der Waals surface area contributed by atoms with Crippen molar-refractivity contribution in [3.05, 3.63) is 63.6 Å². The summed E-state index contributed by atoms with van der Waals surface area (Å²) >= 11 is 3.37. The molecule has 0 fully saturated rings. The summed E-state index contributed by atoms with van der Waals surface area (Å²) in [7, 11) is 1.70. The van der Waals surface area contributed by atoms with Crippen LogP contribution in [0.2, 0.25) is 0 Å². The number of halogens is 4. The summed E-state index contributed by atoms with van der Waals surface area (Å²) in [6.45, 7) is 1.75. The van der Waals surface area contributed by atoms with Crippen LogP contribution in [0.25, 0.3) is 22.5 Å². The first-order valence-corrected chi connectivity index (χ1v) is 8.70. The lowest BCUT2D eigenvalue weighted by molar-refractivity contribution is -0.137. The minimum absolute atomic E-state index is 0.00782. The van der Waals surface area contributed by atoms with E-state index in [-0.39, 0.29) is 16.8 Å². The molecule has 0 saturated carbocycles. The molecule has 8 heteroatoms. The Hall–Kier alpha value is -2.61. The summed E-state index contributed by atoms with van der Waals surface area (Å²) in [5.41, 5.74) is 7.10. The van der Waals surface area contributed by atoms with E-state index in [2.05, 4.69) is 21.0 Å². The number of primary amides is 1. The number of nitrogens with two attached hydrogens (primary N) is 1. The van der Waals surface area contributed by atoms with Gasteiger partial charge in [-0.1, -0.05) is 28.1 Å². The molecule has 0 spiro atoms. The van der Waals surface area contributed by atoms with Gasteiger partial charge in [-0.15, -0.1) is 0 Å². The third-order valence-electron chi connectivity index (χ3n) is 4.27. The van der Waals surface area contributed by atoms with Gasteiger partial charge < -0.3 is 5.73 Å². The quantitative estimate of drug-likeness (QED) is 0.630. The highest BCUT2D eigenvalue weighted by Gasteiger charge is 2.32. The number of carbonyl (C=O) groups is 1. The number of rotatable bonds is 3. The van der Waals surface area contributed by atoms with E-state index < -0.39 is 17.6 Å². The molecule has 0 unspecified atom stereocenters. The van der Waals surface area contributed by atoms with Crippen molar-refractivity contribution in [1.29, 1.82) is 0 Å². The molecule has 0 aliphatic rings. The van der Waals surface area contributed by atoms with Gasteiger partial charge in [0.25, 0.3) is 0 Å². The standard InChI is InChI=1S/C19H15BrF3N3O/c1-10-16(25-26(2)17(10)11-3-6-13(20)7-4-11)15-9-12(19(21,22)23)5-8-14(15)18(24)27/h3-9H,1-2H3,(H2,24,27). The molecule has 3 aromatic rings. The van der Waals surface area contributed by atoms with Crippen LogP contribution in [0.3, 0.4) is 0 Å². The van der Waals surface area contributed by atoms with E-state index in [4.69, 9.17) is 5.73 Å². The number of nitrogens with zero attached hydrogens (tertiary/aromatic N) is 2. The minimum Gasteiger partial charge on any atom is -0.366 e. The number of aryl methyl sites for hydroxylation is 1. The number of amides is 1. The molecule has 0 radical (unpaired) electrons. The van der Waals surface area contributed by atoms with Gasteiger partial charge in [0, 0.05) is 33.8 Å². The molecule has 1 amide bonds. The zero-order valence-corrected chi connectivity index (χ0v) is 16.0. The van der Waals surface area contributed by atoms with Crippen LogP contribution in [-0.2, 0) is 13.2 Å². The molecule has 3 rings (SSSR count). The molecule has 1 heterocycles. The van der Waals surface area contributed by atoms with E-state index in [0.717, 1.165) is 33.9 Å². The first-order valence-electron chi connectivity index (χ1n) is 7.90. The van der Waals surface area contributed by atoms with Crippen molar-refractivity contribution in [2.24, 2.45) is 12.8 Å². The number of hydrogen-bond acceptors (Lipinski definition) is 2. The molecule has 0 aliphatic heterocycles. The van der Waals surface area contributed by atoms with E-state index in [1.807, 2.05) is 24.3 Å². The second-order valence-corrected chi connectivity index (χ2v) is 6.99. The van der Waals surface area contributed by atoms with Gasteiger partial charge in [0.1, 0.15) is 0 Å². The molecule has 1 aromatic heterocycles. The smallest absolute Gasteiger partial charge is 0.366 e. The van der Waals surface area contributed by atoms with Gasteiger partial charge in [-0.2, -0.15) is 18.3 Å². The fraction of sp³-hybridized carbons (Fsp3) is 0.158.